The van der Waals surface area contributed by atoms with Crippen LogP contribution in [0.3, 0.4) is 0 Å². The summed E-state index contributed by atoms with van der Waals surface area (Å²) in [5.74, 6) is 0.847. The van der Waals surface area contributed by atoms with E-state index in [0.29, 0.717) is 18.5 Å². The van der Waals surface area contributed by atoms with Gasteiger partial charge in [0.05, 0.1) is 5.69 Å². The van der Waals surface area contributed by atoms with Gasteiger partial charge in [0.2, 0.25) is 0 Å². The molecule has 1 amide bonds. The highest BCUT2D eigenvalue weighted by atomic mass is 16.5. The van der Waals surface area contributed by atoms with Crippen LogP contribution in [0.2, 0.25) is 0 Å². The largest absolute Gasteiger partial charge is 0.475 e. The molecule has 0 saturated heterocycles. The summed E-state index contributed by atoms with van der Waals surface area (Å²) in [7, 11) is 0. The number of hydrogen-bond donors (Lipinski definition) is 1. The summed E-state index contributed by atoms with van der Waals surface area (Å²) in [6.45, 7) is 6.95. The Bertz CT molecular complexity index is 524. The molecule has 1 aromatic rings. The Morgan fingerprint density at radius 3 is 2.50 bits per heavy atom. The minimum atomic E-state index is -0.728. The van der Waals surface area contributed by atoms with Crippen LogP contribution in [-0.2, 0) is 4.79 Å². The lowest BCUT2D eigenvalue weighted by Crippen LogP contribution is -2.55. The van der Waals surface area contributed by atoms with E-state index < -0.39 is 5.60 Å². The molecule has 0 unspecified atom stereocenters. The van der Waals surface area contributed by atoms with E-state index in [9.17, 15) is 4.79 Å². The van der Waals surface area contributed by atoms with Gasteiger partial charge < -0.3 is 15.4 Å². The first-order chi connectivity index (χ1) is 10.6. The van der Waals surface area contributed by atoms with Gasteiger partial charge in [-0.2, -0.15) is 0 Å². The van der Waals surface area contributed by atoms with Crippen LogP contribution in [0, 0.1) is 0 Å². The molecule has 1 aliphatic heterocycles. The first-order valence-corrected chi connectivity index (χ1v) is 8.48. The fourth-order valence-electron chi connectivity index (χ4n) is 3.06. The number of rotatable bonds is 7. The van der Waals surface area contributed by atoms with Crippen LogP contribution in [0.1, 0.15) is 59.3 Å². The lowest BCUT2D eigenvalue weighted by molar-refractivity contribution is -0.136. The lowest BCUT2D eigenvalue weighted by Gasteiger charge is -2.42. The second-order valence-corrected chi connectivity index (χ2v) is 6.05. The Morgan fingerprint density at radius 1 is 1.14 bits per heavy atom. The van der Waals surface area contributed by atoms with Gasteiger partial charge in [0.1, 0.15) is 5.75 Å². The van der Waals surface area contributed by atoms with Crippen molar-refractivity contribution in [3.63, 3.8) is 0 Å². The van der Waals surface area contributed by atoms with Crippen LogP contribution < -0.4 is 15.4 Å². The zero-order valence-electron chi connectivity index (χ0n) is 14.0. The quantitative estimate of drug-likeness (QED) is 0.608. The number of nitrogen functional groups attached to an aromatic ring is 1. The van der Waals surface area contributed by atoms with Crippen molar-refractivity contribution in [2.24, 2.45) is 0 Å². The molecule has 0 saturated carbocycles. The summed E-state index contributed by atoms with van der Waals surface area (Å²) >= 11 is 0. The van der Waals surface area contributed by atoms with Crippen molar-refractivity contribution < 1.29 is 9.53 Å². The van der Waals surface area contributed by atoms with Crippen molar-refractivity contribution in [3.8, 4) is 5.75 Å². The third-order valence-corrected chi connectivity index (χ3v) is 4.59. The predicted molar refractivity (Wildman–Crippen MR) is 91.3 cm³/mol. The van der Waals surface area contributed by atoms with Crippen LogP contribution >= 0.6 is 0 Å². The molecule has 0 radical (unpaired) electrons. The van der Waals surface area contributed by atoms with Gasteiger partial charge in [0.25, 0.3) is 5.91 Å². The third-order valence-electron chi connectivity index (χ3n) is 4.59. The number of hydrogen-bond acceptors (Lipinski definition) is 3. The molecule has 0 spiro atoms. The summed E-state index contributed by atoms with van der Waals surface area (Å²) < 4.78 is 6.10. The van der Waals surface area contributed by atoms with E-state index in [2.05, 4.69) is 6.92 Å². The average molecular weight is 304 g/mol. The number of nitrogens with zero attached hydrogens (tertiary/aromatic N) is 1. The second-order valence-electron chi connectivity index (χ2n) is 6.05. The fourth-order valence-corrected chi connectivity index (χ4v) is 3.06. The smallest absolute Gasteiger partial charge is 0.271 e. The molecule has 4 nitrogen and oxygen atoms in total. The average Bonchev–Trinajstić information content (AvgIpc) is 2.53. The number of amides is 1. The topological polar surface area (TPSA) is 55.6 Å². The van der Waals surface area contributed by atoms with Gasteiger partial charge in [-0.15, -0.1) is 0 Å². The van der Waals surface area contributed by atoms with Crippen LogP contribution in [-0.4, -0.2) is 18.1 Å². The number of carbonyl (C=O) groups is 1. The maximum atomic E-state index is 13.0. The molecule has 1 aliphatic rings. The first kappa shape index (κ1) is 16.7. The van der Waals surface area contributed by atoms with Crippen molar-refractivity contribution >= 4 is 17.3 Å². The first-order valence-electron chi connectivity index (χ1n) is 8.48. The highest BCUT2D eigenvalue weighted by Crippen LogP contribution is 2.41. The Balaban J connectivity index is 2.31. The minimum absolute atomic E-state index is 0.0760. The molecule has 22 heavy (non-hydrogen) atoms. The maximum Gasteiger partial charge on any atom is 0.271 e. The monoisotopic (exact) mass is 304 g/mol. The van der Waals surface area contributed by atoms with Crippen LogP contribution in [0.25, 0.3) is 0 Å². The van der Waals surface area contributed by atoms with Crippen molar-refractivity contribution in [1.29, 1.82) is 0 Å². The molecule has 0 fully saturated rings. The molecule has 4 heteroatoms. The van der Waals surface area contributed by atoms with Gasteiger partial charge >= 0.3 is 0 Å². The summed E-state index contributed by atoms with van der Waals surface area (Å²) in [5.41, 5.74) is 6.66. The second kappa shape index (κ2) is 7.03. The highest BCUT2D eigenvalue weighted by Gasteiger charge is 2.45. The third kappa shape index (κ3) is 3.06. The summed E-state index contributed by atoms with van der Waals surface area (Å²) in [5, 5.41) is 0. The fraction of sp³-hybridized carbons (Fsp3) is 0.611. The minimum Gasteiger partial charge on any atom is -0.475 e. The normalized spacial score (nSPS) is 16.3. The zero-order valence-corrected chi connectivity index (χ0v) is 14.0. The van der Waals surface area contributed by atoms with E-state index in [-0.39, 0.29) is 5.91 Å². The Kier molecular flexibility index (Phi) is 5.33. The predicted octanol–water partition coefficient (Wildman–Crippen LogP) is 4.13. The molecule has 2 rings (SSSR count). The van der Waals surface area contributed by atoms with E-state index in [4.69, 9.17) is 10.5 Å². The summed E-state index contributed by atoms with van der Waals surface area (Å²) in [6, 6.07) is 5.57. The maximum absolute atomic E-state index is 13.0. The van der Waals surface area contributed by atoms with E-state index in [1.165, 1.54) is 12.8 Å². The molecule has 2 N–H and O–H groups in total. The van der Waals surface area contributed by atoms with E-state index in [1.54, 1.807) is 0 Å². The lowest BCUT2D eigenvalue weighted by atomic mass is 9.92. The number of fused-ring (bicyclic) bond motifs is 1. The van der Waals surface area contributed by atoms with Gasteiger partial charge in [-0.3, -0.25) is 4.79 Å². The Morgan fingerprint density at radius 2 is 1.86 bits per heavy atom. The van der Waals surface area contributed by atoms with Gasteiger partial charge in [-0.25, -0.2) is 0 Å². The highest BCUT2D eigenvalue weighted by molar-refractivity contribution is 6.03. The zero-order chi connectivity index (χ0) is 16.2. The number of anilines is 2. The van der Waals surface area contributed by atoms with E-state index in [1.807, 2.05) is 36.9 Å². The molecule has 0 aliphatic carbocycles. The molecule has 0 aromatic heterocycles. The molecule has 122 valence electrons. The van der Waals surface area contributed by atoms with E-state index >= 15 is 0 Å². The molecule has 0 bridgehead atoms. The van der Waals surface area contributed by atoms with E-state index in [0.717, 1.165) is 30.8 Å². The SMILES string of the molecule is CCCCCCN1C(=O)C(CC)(CC)Oc2ccc(N)cc21. The number of ether oxygens (including phenoxy) is 1. The Labute approximate surface area is 133 Å². The standard InChI is InChI=1S/C18H28N2O2/c1-4-7-8-9-12-20-15-13-14(19)10-11-16(15)22-18(5-2,6-3)17(20)21/h10-11,13H,4-9,12,19H2,1-3H3. The van der Waals surface area contributed by atoms with Crippen molar-refractivity contribution in [2.75, 3.05) is 17.2 Å². The summed E-state index contributed by atoms with van der Waals surface area (Å²) in [4.78, 5) is 14.9. The van der Waals surface area contributed by atoms with Gasteiger partial charge in [0, 0.05) is 12.2 Å². The Hall–Kier alpha value is -1.71. The number of benzene rings is 1. The van der Waals surface area contributed by atoms with Crippen molar-refractivity contribution in [2.45, 2.75) is 64.9 Å². The molecule has 1 aromatic carbocycles. The summed E-state index contributed by atoms with van der Waals surface area (Å²) in [6.07, 6.45) is 5.90. The number of carbonyl (C=O) groups excluding carboxylic acids is 1. The van der Waals surface area contributed by atoms with Crippen molar-refractivity contribution in [1.82, 2.24) is 0 Å². The molecular formula is C18H28N2O2. The van der Waals surface area contributed by atoms with Crippen LogP contribution in [0.15, 0.2) is 18.2 Å². The van der Waals surface area contributed by atoms with Gasteiger partial charge in [-0.1, -0.05) is 40.0 Å². The molecule has 1 heterocycles. The molecule has 0 atom stereocenters. The van der Waals surface area contributed by atoms with Crippen LogP contribution in [0.5, 0.6) is 5.75 Å². The van der Waals surface area contributed by atoms with Gasteiger partial charge in [-0.05, 0) is 37.5 Å². The molecular weight excluding hydrogens is 276 g/mol. The van der Waals surface area contributed by atoms with Crippen LogP contribution in [0.4, 0.5) is 11.4 Å². The van der Waals surface area contributed by atoms with Crippen molar-refractivity contribution in [3.05, 3.63) is 18.2 Å². The van der Waals surface area contributed by atoms with Gasteiger partial charge in [0.15, 0.2) is 5.60 Å². The number of nitrogens with two attached hydrogens (primary N) is 1. The number of unbranched alkanes of at least 4 members (excludes halogenated alkanes) is 3.